The van der Waals surface area contributed by atoms with Crippen LogP contribution in [0.15, 0.2) is 6.08 Å². The third-order valence-electron chi connectivity index (χ3n) is 3.02. The van der Waals surface area contributed by atoms with Gasteiger partial charge in [-0.2, -0.15) is 5.10 Å². The van der Waals surface area contributed by atoms with E-state index in [4.69, 9.17) is 23.8 Å². The van der Waals surface area contributed by atoms with Crippen molar-refractivity contribution in [3.8, 4) is 0 Å². The van der Waals surface area contributed by atoms with Gasteiger partial charge in [0.2, 0.25) is 0 Å². The lowest BCUT2D eigenvalue weighted by Crippen LogP contribution is -2.51. The maximum absolute atomic E-state index is 11.9. The zero-order valence-corrected chi connectivity index (χ0v) is 16.4. The number of carbonyl (C=O) groups is 1. The molecule has 0 aromatic carbocycles. The smallest absolute Gasteiger partial charge is 0.262 e. The molecule has 3 N–H and O–H groups in total. The predicted molar refractivity (Wildman–Crippen MR) is 103 cm³/mol. The minimum Gasteiger partial charge on any atom is -0.357 e. The van der Waals surface area contributed by atoms with Crippen LogP contribution >= 0.6 is 23.8 Å². The van der Waals surface area contributed by atoms with Crippen LogP contribution in [-0.2, 0) is 11.3 Å². The average Bonchev–Trinajstić information content (AvgIpc) is 2.73. The van der Waals surface area contributed by atoms with Crippen molar-refractivity contribution in [3.05, 3.63) is 22.5 Å². The van der Waals surface area contributed by atoms with E-state index in [0.29, 0.717) is 10.3 Å². The molecule has 1 aromatic rings. The van der Waals surface area contributed by atoms with Gasteiger partial charge in [-0.1, -0.05) is 24.9 Å². The molecule has 8 heteroatoms. The summed E-state index contributed by atoms with van der Waals surface area (Å²) in [5.41, 5.74) is 6.52. The zero-order valence-electron chi connectivity index (χ0n) is 14.9. The van der Waals surface area contributed by atoms with Crippen molar-refractivity contribution < 1.29 is 4.79 Å². The molecule has 0 saturated carbocycles. The number of hydrogen-bond acceptors (Lipinski definition) is 3. The highest BCUT2D eigenvalue weighted by molar-refractivity contribution is 7.80. The molecule has 0 aliphatic carbocycles. The summed E-state index contributed by atoms with van der Waals surface area (Å²) in [6.07, 6.45) is 5.13. The van der Waals surface area contributed by atoms with Gasteiger partial charge in [0.15, 0.2) is 5.11 Å². The zero-order chi connectivity index (χ0) is 18.3. The van der Waals surface area contributed by atoms with Gasteiger partial charge in [0.25, 0.3) is 5.91 Å². The summed E-state index contributed by atoms with van der Waals surface area (Å²) >= 11 is 11.4. The maximum Gasteiger partial charge on any atom is 0.262 e. The number of amides is 1. The first-order chi connectivity index (χ1) is 11.1. The van der Waals surface area contributed by atoms with Crippen molar-refractivity contribution in [3.63, 3.8) is 0 Å². The summed E-state index contributed by atoms with van der Waals surface area (Å²) in [6, 6.07) is 0. The van der Waals surface area contributed by atoms with Crippen LogP contribution in [0, 0.1) is 6.92 Å². The molecule has 24 heavy (non-hydrogen) atoms. The van der Waals surface area contributed by atoms with Gasteiger partial charge in [-0.3, -0.25) is 20.3 Å². The lowest BCUT2D eigenvalue weighted by molar-refractivity contribution is -0.117. The van der Waals surface area contributed by atoms with E-state index in [-0.39, 0.29) is 11.4 Å². The van der Waals surface area contributed by atoms with Gasteiger partial charge in [-0.05, 0) is 52.4 Å². The number of rotatable bonds is 5. The Morgan fingerprint density at radius 3 is 2.62 bits per heavy atom. The Morgan fingerprint density at radius 2 is 2.04 bits per heavy atom. The number of aryl methyl sites for hydroxylation is 2. The summed E-state index contributed by atoms with van der Waals surface area (Å²) in [5.74, 6) is -0.329. The fourth-order valence-electron chi connectivity index (χ4n) is 1.90. The van der Waals surface area contributed by atoms with Crippen molar-refractivity contribution in [2.24, 2.45) is 0 Å². The molecule has 1 rings (SSSR count). The van der Waals surface area contributed by atoms with Crippen LogP contribution in [0.2, 0.25) is 5.15 Å². The van der Waals surface area contributed by atoms with Crippen molar-refractivity contribution in [1.29, 1.82) is 0 Å². The highest BCUT2D eigenvalue weighted by Gasteiger charge is 2.12. The minimum absolute atomic E-state index is 0.178. The Balaban J connectivity index is 2.61. The molecule has 0 aliphatic rings. The van der Waals surface area contributed by atoms with Crippen LogP contribution < -0.4 is 16.2 Å². The Kier molecular flexibility index (Phi) is 7.69. The number of thiocarbonyl (C=S) groups is 1. The number of hydrazine groups is 1. The molecular weight excluding hydrogens is 346 g/mol. The van der Waals surface area contributed by atoms with Crippen LogP contribution in [0.1, 0.15) is 51.8 Å². The number of unbranched alkanes of at least 4 members (excludes halogenated alkanes) is 1. The monoisotopic (exact) mass is 371 g/mol. The first-order valence-electron chi connectivity index (χ1n) is 7.93. The number of halogens is 1. The van der Waals surface area contributed by atoms with Crippen molar-refractivity contribution in [2.45, 2.75) is 59.5 Å². The lowest BCUT2D eigenvalue weighted by atomic mass is 10.1. The van der Waals surface area contributed by atoms with Crippen LogP contribution in [-0.4, -0.2) is 26.3 Å². The summed E-state index contributed by atoms with van der Waals surface area (Å²) in [7, 11) is 0. The molecule has 0 saturated heterocycles. The first-order valence-corrected chi connectivity index (χ1v) is 8.71. The Morgan fingerprint density at radius 1 is 1.38 bits per heavy atom. The van der Waals surface area contributed by atoms with Crippen LogP contribution in [0.5, 0.6) is 0 Å². The van der Waals surface area contributed by atoms with E-state index in [2.05, 4.69) is 28.2 Å². The normalized spacial score (nSPS) is 11.6. The topological polar surface area (TPSA) is 71.0 Å². The van der Waals surface area contributed by atoms with Gasteiger partial charge in [-0.15, -0.1) is 0 Å². The lowest BCUT2D eigenvalue weighted by Gasteiger charge is -2.22. The molecule has 0 fully saturated rings. The van der Waals surface area contributed by atoms with E-state index in [1.807, 2.05) is 27.7 Å². The predicted octanol–water partition coefficient (Wildman–Crippen LogP) is 2.95. The van der Waals surface area contributed by atoms with E-state index < -0.39 is 0 Å². The van der Waals surface area contributed by atoms with E-state index in [0.717, 1.165) is 30.6 Å². The van der Waals surface area contributed by atoms with Gasteiger partial charge in [0.05, 0.1) is 5.69 Å². The largest absolute Gasteiger partial charge is 0.357 e. The molecule has 0 spiro atoms. The van der Waals surface area contributed by atoms with E-state index >= 15 is 0 Å². The van der Waals surface area contributed by atoms with Crippen molar-refractivity contribution in [1.82, 2.24) is 25.9 Å². The Bertz CT molecular complexity index is 619. The summed E-state index contributed by atoms with van der Waals surface area (Å²) in [6.45, 7) is 10.7. The molecule has 0 radical (unpaired) electrons. The molecule has 1 heterocycles. The number of carbonyl (C=O) groups excluding carboxylic acids is 1. The molecule has 134 valence electrons. The van der Waals surface area contributed by atoms with Gasteiger partial charge >= 0.3 is 0 Å². The summed E-state index contributed by atoms with van der Waals surface area (Å²) in [4.78, 5) is 11.9. The van der Waals surface area contributed by atoms with E-state index in [1.54, 1.807) is 10.8 Å². The van der Waals surface area contributed by atoms with E-state index in [9.17, 15) is 4.79 Å². The quantitative estimate of drug-likeness (QED) is 0.421. The molecule has 0 atom stereocenters. The second-order valence-electron chi connectivity index (χ2n) is 6.52. The first kappa shape index (κ1) is 20.4. The Labute approximate surface area is 154 Å². The summed E-state index contributed by atoms with van der Waals surface area (Å²) < 4.78 is 1.76. The van der Waals surface area contributed by atoms with Crippen LogP contribution in [0.25, 0.3) is 6.08 Å². The third-order valence-corrected chi connectivity index (χ3v) is 3.62. The fraction of sp³-hybridized carbons (Fsp3) is 0.562. The Hall–Kier alpha value is -1.60. The summed E-state index contributed by atoms with van der Waals surface area (Å²) in [5, 5.41) is 8.33. The third kappa shape index (κ3) is 6.88. The highest BCUT2D eigenvalue weighted by Crippen LogP contribution is 2.21. The molecular formula is C16H26ClN5OS. The number of nitrogens with zero attached hydrogens (tertiary/aromatic N) is 2. The van der Waals surface area contributed by atoms with Gasteiger partial charge < -0.3 is 5.32 Å². The molecule has 0 aliphatic heterocycles. The SMILES string of the molecule is CCCCn1nc(C)c(/C=C/C(=O)NNC(=S)NC(C)(C)C)c1Cl. The fourth-order valence-corrected chi connectivity index (χ4v) is 2.58. The maximum atomic E-state index is 11.9. The standard InChI is InChI=1S/C16H26ClN5OS/c1-6-7-10-22-14(17)12(11(2)21-22)8-9-13(23)19-20-15(24)18-16(3,4)5/h8-9H,6-7,10H2,1-5H3,(H,19,23)(H2,18,20,24)/b9-8+. The molecule has 0 bridgehead atoms. The van der Waals surface area contributed by atoms with Crippen LogP contribution in [0.4, 0.5) is 0 Å². The van der Waals surface area contributed by atoms with E-state index in [1.165, 1.54) is 6.08 Å². The number of nitrogens with one attached hydrogen (secondary N) is 3. The molecule has 1 amide bonds. The average molecular weight is 372 g/mol. The number of aromatic nitrogens is 2. The second kappa shape index (κ2) is 9.03. The molecule has 0 unspecified atom stereocenters. The van der Waals surface area contributed by atoms with Crippen LogP contribution in [0.3, 0.4) is 0 Å². The highest BCUT2D eigenvalue weighted by atomic mass is 35.5. The van der Waals surface area contributed by atoms with Crippen molar-refractivity contribution in [2.75, 3.05) is 0 Å². The minimum atomic E-state index is -0.329. The van der Waals surface area contributed by atoms with Gasteiger partial charge in [0.1, 0.15) is 5.15 Å². The van der Waals surface area contributed by atoms with Gasteiger partial charge in [0, 0.05) is 23.7 Å². The van der Waals surface area contributed by atoms with Gasteiger partial charge in [-0.25, -0.2) is 0 Å². The second-order valence-corrected chi connectivity index (χ2v) is 7.28. The molecule has 6 nitrogen and oxygen atoms in total. The van der Waals surface area contributed by atoms with Crippen molar-refractivity contribution >= 4 is 40.9 Å². The number of hydrogen-bond donors (Lipinski definition) is 3. The molecule has 1 aromatic heterocycles.